The summed E-state index contributed by atoms with van der Waals surface area (Å²) >= 11 is 5.83. The standard InChI is InChI=1S/C20H19ClN2O5/c1-13-7-9-22(10-8-13)20(24)14-3-5-18(19(11-14)27-2)28-17-6-4-15(21)12-16(17)23(25)26/h3-6,11-12H,1,7-10H2,2H3. The summed E-state index contributed by atoms with van der Waals surface area (Å²) in [6.07, 6.45) is 1.59. The molecule has 1 heterocycles. The van der Waals surface area contributed by atoms with Crippen molar-refractivity contribution in [1.82, 2.24) is 4.90 Å². The summed E-state index contributed by atoms with van der Waals surface area (Å²) in [6, 6.07) is 8.88. The Bertz CT molecular complexity index is 934. The summed E-state index contributed by atoms with van der Waals surface area (Å²) in [5.74, 6) is 0.490. The molecule has 146 valence electrons. The number of carbonyl (C=O) groups is 1. The lowest BCUT2D eigenvalue weighted by molar-refractivity contribution is -0.385. The smallest absolute Gasteiger partial charge is 0.313 e. The van der Waals surface area contributed by atoms with Gasteiger partial charge >= 0.3 is 5.69 Å². The first-order valence-corrected chi connectivity index (χ1v) is 9.02. The Labute approximate surface area is 167 Å². The zero-order valence-corrected chi connectivity index (χ0v) is 16.1. The van der Waals surface area contributed by atoms with Crippen molar-refractivity contribution in [2.75, 3.05) is 20.2 Å². The molecule has 0 radical (unpaired) electrons. The molecule has 28 heavy (non-hydrogen) atoms. The Balaban J connectivity index is 1.85. The lowest BCUT2D eigenvalue weighted by Crippen LogP contribution is -2.36. The van der Waals surface area contributed by atoms with Crippen LogP contribution < -0.4 is 9.47 Å². The molecule has 0 saturated carbocycles. The molecule has 0 N–H and O–H groups in total. The van der Waals surface area contributed by atoms with E-state index in [1.165, 1.54) is 25.3 Å². The van der Waals surface area contributed by atoms with E-state index >= 15 is 0 Å². The molecule has 0 atom stereocenters. The second-order valence-corrected chi connectivity index (χ2v) is 6.82. The fourth-order valence-electron chi connectivity index (χ4n) is 2.93. The highest BCUT2D eigenvalue weighted by Crippen LogP contribution is 2.38. The number of likely N-dealkylation sites (tertiary alicyclic amines) is 1. The first kappa shape index (κ1) is 19.7. The monoisotopic (exact) mass is 402 g/mol. The fourth-order valence-corrected chi connectivity index (χ4v) is 3.10. The van der Waals surface area contributed by atoms with Crippen LogP contribution in [0.1, 0.15) is 23.2 Å². The second-order valence-electron chi connectivity index (χ2n) is 6.38. The predicted molar refractivity (Wildman–Crippen MR) is 105 cm³/mol. The van der Waals surface area contributed by atoms with Crippen molar-refractivity contribution in [2.45, 2.75) is 12.8 Å². The number of rotatable bonds is 5. The van der Waals surface area contributed by atoms with Gasteiger partial charge in [0.1, 0.15) is 0 Å². The SMILES string of the molecule is C=C1CCN(C(=O)c2ccc(Oc3ccc(Cl)cc3[N+](=O)[O-])c(OC)c2)CC1. The first-order chi connectivity index (χ1) is 13.4. The van der Waals surface area contributed by atoms with Crippen molar-refractivity contribution >= 4 is 23.2 Å². The average molecular weight is 403 g/mol. The van der Waals surface area contributed by atoms with Crippen molar-refractivity contribution in [2.24, 2.45) is 0 Å². The van der Waals surface area contributed by atoms with Crippen LogP contribution >= 0.6 is 11.6 Å². The third-order valence-electron chi connectivity index (χ3n) is 4.51. The van der Waals surface area contributed by atoms with Crippen LogP contribution in [0, 0.1) is 10.1 Å². The maximum Gasteiger partial charge on any atom is 0.313 e. The number of benzene rings is 2. The van der Waals surface area contributed by atoms with Gasteiger partial charge in [0.2, 0.25) is 5.75 Å². The fraction of sp³-hybridized carbons (Fsp3) is 0.250. The van der Waals surface area contributed by atoms with E-state index in [2.05, 4.69) is 6.58 Å². The summed E-state index contributed by atoms with van der Waals surface area (Å²) in [5.41, 5.74) is 1.35. The van der Waals surface area contributed by atoms with Gasteiger partial charge in [-0.15, -0.1) is 0 Å². The van der Waals surface area contributed by atoms with Gasteiger partial charge in [-0.25, -0.2) is 0 Å². The Morgan fingerprint density at radius 3 is 2.46 bits per heavy atom. The van der Waals surface area contributed by atoms with Crippen LogP contribution in [0.15, 0.2) is 48.6 Å². The number of halogens is 1. The van der Waals surface area contributed by atoms with E-state index in [-0.39, 0.29) is 28.1 Å². The van der Waals surface area contributed by atoms with Gasteiger partial charge in [-0.3, -0.25) is 14.9 Å². The number of nitrogens with zero attached hydrogens (tertiary/aromatic N) is 2. The van der Waals surface area contributed by atoms with E-state index in [1.54, 1.807) is 23.1 Å². The molecule has 1 fully saturated rings. The Kier molecular flexibility index (Phi) is 5.84. The second kappa shape index (κ2) is 8.31. The van der Waals surface area contributed by atoms with Gasteiger partial charge in [0.05, 0.1) is 12.0 Å². The number of hydrogen-bond acceptors (Lipinski definition) is 5. The van der Waals surface area contributed by atoms with E-state index in [0.29, 0.717) is 24.4 Å². The maximum absolute atomic E-state index is 12.7. The largest absolute Gasteiger partial charge is 0.493 e. The Hall–Kier alpha value is -3.06. The van der Waals surface area contributed by atoms with Crippen LogP contribution in [0.25, 0.3) is 0 Å². The molecule has 0 aliphatic carbocycles. The highest BCUT2D eigenvalue weighted by Gasteiger charge is 2.22. The number of nitro groups is 1. The number of piperidine rings is 1. The summed E-state index contributed by atoms with van der Waals surface area (Å²) in [4.78, 5) is 25.2. The lowest BCUT2D eigenvalue weighted by Gasteiger charge is -2.28. The van der Waals surface area contributed by atoms with Crippen LogP contribution in [0.5, 0.6) is 17.2 Å². The minimum Gasteiger partial charge on any atom is -0.493 e. The highest BCUT2D eigenvalue weighted by atomic mass is 35.5. The topological polar surface area (TPSA) is 81.9 Å². The molecule has 3 rings (SSSR count). The molecule has 2 aromatic carbocycles. The van der Waals surface area contributed by atoms with Gasteiger partial charge in [-0.1, -0.05) is 23.8 Å². The Morgan fingerprint density at radius 1 is 1.14 bits per heavy atom. The van der Waals surface area contributed by atoms with Crippen LogP contribution in [0.3, 0.4) is 0 Å². The number of nitro benzene ring substituents is 1. The van der Waals surface area contributed by atoms with E-state index < -0.39 is 4.92 Å². The third kappa shape index (κ3) is 4.26. The van der Waals surface area contributed by atoms with Crippen molar-refractivity contribution < 1.29 is 19.2 Å². The molecule has 2 aromatic rings. The number of carbonyl (C=O) groups excluding carboxylic acids is 1. The molecule has 0 bridgehead atoms. The van der Waals surface area contributed by atoms with Crippen molar-refractivity contribution in [1.29, 1.82) is 0 Å². The van der Waals surface area contributed by atoms with Crippen LogP contribution in [-0.2, 0) is 0 Å². The van der Waals surface area contributed by atoms with Crippen molar-refractivity contribution in [3.05, 3.63) is 69.3 Å². The van der Waals surface area contributed by atoms with E-state index in [0.717, 1.165) is 18.4 Å². The average Bonchev–Trinajstić information content (AvgIpc) is 2.69. The van der Waals surface area contributed by atoms with Crippen LogP contribution in [-0.4, -0.2) is 35.9 Å². The summed E-state index contributed by atoms with van der Waals surface area (Å²) in [7, 11) is 1.44. The summed E-state index contributed by atoms with van der Waals surface area (Å²) in [6.45, 7) is 5.22. The Morgan fingerprint density at radius 2 is 1.82 bits per heavy atom. The normalized spacial score (nSPS) is 13.9. The first-order valence-electron chi connectivity index (χ1n) is 8.65. The van der Waals surface area contributed by atoms with E-state index in [9.17, 15) is 14.9 Å². The van der Waals surface area contributed by atoms with Gasteiger partial charge in [0, 0.05) is 29.7 Å². The zero-order valence-electron chi connectivity index (χ0n) is 15.3. The van der Waals surface area contributed by atoms with Gasteiger partial charge in [0.15, 0.2) is 11.5 Å². The molecule has 0 unspecified atom stereocenters. The molecule has 8 heteroatoms. The molecule has 1 aliphatic heterocycles. The zero-order chi connectivity index (χ0) is 20.3. The number of amides is 1. The summed E-state index contributed by atoms with van der Waals surface area (Å²) in [5, 5.41) is 11.5. The number of ether oxygens (including phenoxy) is 2. The van der Waals surface area contributed by atoms with Crippen LogP contribution in [0.2, 0.25) is 5.02 Å². The molecule has 1 saturated heterocycles. The quantitative estimate of drug-likeness (QED) is 0.406. The molecule has 0 aromatic heterocycles. The molecule has 0 spiro atoms. The van der Waals surface area contributed by atoms with E-state index in [1.807, 2.05) is 0 Å². The number of methoxy groups -OCH3 is 1. The van der Waals surface area contributed by atoms with Gasteiger partial charge in [-0.05, 0) is 43.2 Å². The molecular weight excluding hydrogens is 384 g/mol. The van der Waals surface area contributed by atoms with Gasteiger partial charge in [0.25, 0.3) is 5.91 Å². The molecular formula is C20H19ClN2O5. The lowest BCUT2D eigenvalue weighted by atomic mass is 10.0. The predicted octanol–water partition coefficient (Wildman–Crippen LogP) is 4.84. The number of hydrogen-bond donors (Lipinski definition) is 0. The molecule has 1 aliphatic rings. The maximum atomic E-state index is 12.7. The van der Waals surface area contributed by atoms with E-state index in [4.69, 9.17) is 21.1 Å². The van der Waals surface area contributed by atoms with Crippen LogP contribution in [0.4, 0.5) is 5.69 Å². The highest BCUT2D eigenvalue weighted by molar-refractivity contribution is 6.30. The third-order valence-corrected chi connectivity index (χ3v) is 4.74. The summed E-state index contributed by atoms with van der Waals surface area (Å²) < 4.78 is 11.0. The molecule has 7 nitrogen and oxygen atoms in total. The van der Waals surface area contributed by atoms with Gasteiger partial charge in [-0.2, -0.15) is 0 Å². The van der Waals surface area contributed by atoms with Crippen molar-refractivity contribution in [3.8, 4) is 17.2 Å². The molecule has 1 amide bonds. The van der Waals surface area contributed by atoms with Crippen molar-refractivity contribution in [3.63, 3.8) is 0 Å². The minimum absolute atomic E-state index is 0.0290. The van der Waals surface area contributed by atoms with Gasteiger partial charge < -0.3 is 14.4 Å². The minimum atomic E-state index is -0.574.